The molecular weight excluding hydrogens is 258 g/mol. The second kappa shape index (κ2) is 6.42. The first-order valence-electron chi connectivity index (χ1n) is 5.09. The predicted octanol–water partition coefficient (Wildman–Crippen LogP) is 2.53. The van der Waals surface area contributed by atoms with E-state index in [2.05, 4.69) is 10.6 Å². The Morgan fingerprint density at radius 2 is 2.06 bits per heavy atom. The molecular formula is C11H14ClN3OS. The number of rotatable bonds is 4. The molecule has 0 bridgehead atoms. The van der Waals surface area contributed by atoms with Gasteiger partial charge < -0.3 is 16.4 Å². The molecule has 4 nitrogen and oxygen atoms in total. The molecule has 1 aromatic rings. The quantitative estimate of drug-likeness (QED) is 0.737. The zero-order chi connectivity index (χ0) is 12.8. The number of anilines is 1. The maximum Gasteiger partial charge on any atom is 0.319 e. The smallest absolute Gasteiger partial charge is 0.319 e. The first-order valence-corrected chi connectivity index (χ1v) is 5.87. The molecule has 4 N–H and O–H groups in total. The molecule has 0 aromatic heterocycles. The Morgan fingerprint density at radius 1 is 1.47 bits per heavy atom. The van der Waals surface area contributed by atoms with E-state index in [4.69, 9.17) is 29.6 Å². The molecule has 0 spiro atoms. The van der Waals surface area contributed by atoms with Crippen molar-refractivity contribution in [2.24, 2.45) is 5.73 Å². The zero-order valence-corrected chi connectivity index (χ0v) is 10.9. The molecule has 17 heavy (non-hydrogen) atoms. The molecule has 6 heteroatoms. The van der Waals surface area contributed by atoms with Gasteiger partial charge in [-0.05, 0) is 31.2 Å². The number of thiocarbonyl (C=S) groups is 1. The fourth-order valence-electron chi connectivity index (χ4n) is 1.28. The molecule has 0 aliphatic rings. The Labute approximate surface area is 111 Å². The van der Waals surface area contributed by atoms with Crippen LogP contribution < -0.4 is 16.4 Å². The number of urea groups is 1. The lowest BCUT2D eigenvalue weighted by atomic mass is 10.2. The summed E-state index contributed by atoms with van der Waals surface area (Å²) in [6.07, 6.45) is 0.476. The van der Waals surface area contributed by atoms with Gasteiger partial charge in [0, 0.05) is 23.2 Å². The molecule has 0 radical (unpaired) electrons. The summed E-state index contributed by atoms with van der Waals surface area (Å²) >= 11 is 10.5. The van der Waals surface area contributed by atoms with Crippen molar-refractivity contribution < 1.29 is 4.79 Å². The van der Waals surface area contributed by atoms with Gasteiger partial charge in [0.25, 0.3) is 0 Å². The van der Waals surface area contributed by atoms with E-state index in [1.54, 1.807) is 24.3 Å². The van der Waals surface area contributed by atoms with Crippen molar-refractivity contribution >= 4 is 40.5 Å². The molecule has 0 aliphatic heterocycles. The third kappa shape index (κ3) is 5.51. The van der Waals surface area contributed by atoms with Gasteiger partial charge in [-0.15, -0.1) is 0 Å². The van der Waals surface area contributed by atoms with Crippen LogP contribution in [0.4, 0.5) is 10.5 Å². The van der Waals surface area contributed by atoms with E-state index in [1.807, 2.05) is 6.92 Å². The normalized spacial score (nSPS) is 11.6. The number of nitrogens with two attached hydrogens (primary N) is 1. The van der Waals surface area contributed by atoms with Crippen LogP contribution in [0.2, 0.25) is 5.02 Å². The second-order valence-electron chi connectivity index (χ2n) is 3.68. The highest BCUT2D eigenvalue weighted by Crippen LogP contribution is 2.13. The van der Waals surface area contributed by atoms with Gasteiger partial charge in [-0.25, -0.2) is 4.79 Å². The maximum absolute atomic E-state index is 11.5. The van der Waals surface area contributed by atoms with Gasteiger partial charge in [-0.3, -0.25) is 0 Å². The summed E-state index contributed by atoms with van der Waals surface area (Å²) in [4.78, 5) is 11.9. The van der Waals surface area contributed by atoms with Crippen molar-refractivity contribution in [3.63, 3.8) is 0 Å². The lowest BCUT2D eigenvalue weighted by Gasteiger charge is -2.13. The van der Waals surface area contributed by atoms with E-state index in [0.29, 0.717) is 22.1 Å². The zero-order valence-electron chi connectivity index (χ0n) is 9.37. The first kappa shape index (κ1) is 13.7. The van der Waals surface area contributed by atoms with Gasteiger partial charge in [-0.1, -0.05) is 23.8 Å². The van der Waals surface area contributed by atoms with Crippen molar-refractivity contribution in [3.05, 3.63) is 29.3 Å². The van der Waals surface area contributed by atoms with E-state index in [-0.39, 0.29) is 12.1 Å². The van der Waals surface area contributed by atoms with Gasteiger partial charge in [0.15, 0.2) is 0 Å². The summed E-state index contributed by atoms with van der Waals surface area (Å²) in [6.45, 7) is 1.83. The Hall–Kier alpha value is -1.33. The minimum absolute atomic E-state index is 0.0974. The predicted molar refractivity (Wildman–Crippen MR) is 74.5 cm³/mol. The first-order chi connectivity index (χ1) is 7.97. The average molecular weight is 272 g/mol. The van der Waals surface area contributed by atoms with Crippen molar-refractivity contribution in [1.82, 2.24) is 5.32 Å². The number of amides is 2. The highest BCUT2D eigenvalue weighted by atomic mass is 35.5. The molecule has 1 aromatic carbocycles. The molecule has 1 atom stereocenters. The number of benzene rings is 1. The van der Waals surface area contributed by atoms with Gasteiger partial charge in [0.2, 0.25) is 0 Å². The summed E-state index contributed by atoms with van der Waals surface area (Å²) in [6, 6.07) is 6.46. The Kier molecular flexibility index (Phi) is 5.18. The van der Waals surface area contributed by atoms with Crippen LogP contribution in [0.1, 0.15) is 13.3 Å². The number of carbonyl (C=O) groups excluding carboxylic acids is 1. The summed E-state index contributed by atoms with van der Waals surface area (Å²) in [5, 5.41) is 6.03. The topological polar surface area (TPSA) is 67.1 Å². The number of hydrogen-bond donors (Lipinski definition) is 3. The van der Waals surface area contributed by atoms with E-state index < -0.39 is 0 Å². The average Bonchev–Trinajstić information content (AvgIpc) is 2.19. The minimum Gasteiger partial charge on any atom is -0.393 e. The van der Waals surface area contributed by atoms with Crippen molar-refractivity contribution in [3.8, 4) is 0 Å². The number of halogens is 1. The van der Waals surface area contributed by atoms with Crippen LogP contribution in [0.15, 0.2) is 24.3 Å². The highest BCUT2D eigenvalue weighted by molar-refractivity contribution is 7.80. The Morgan fingerprint density at radius 3 is 2.59 bits per heavy atom. The molecule has 92 valence electrons. The Balaban J connectivity index is 2.44. The van der Waals surface area contributed by atoms with Crippen LogP contribution in [-0.4, -0.2) is 17.1 Å². The summed E-state index contributed by atoms with van der Waals surface area (Å²) < 4.78 is 0. The molecule has 1 unspecified atom stereocenters. The van der Waals surface area contributed by atoms with E-state index in [9.17, 15) is 4.79 Å². The van der Waals surface area contributed by atoms with Crippen molar-refractivity contribution in [2.75, 3.05) is 5.32 Å². The fourth-order valence-corrected chi connectivity index (χ4v) is 1.65. The molecule has 0 saturated heterocycles. The van der Waals surface area contributed by atoms with E-state index in [0.717, 1.165) is 0 Å². The number of carbonyl (C=O) groups is 1. The van der Waals surface area contributed by atoms with Crippen LogP contribution in [-0.2, 0) is 0 Å². The third-order valence-corrected chi connectivity index (χ3v) is 2.41. The van der Waals surface area contributed by atoms with Gasteiger partial charge in [-0.2, -0.15) is 0 Å². The second-order valence-corrected chi connectivity index (χ2v) is 4.64. The van der Waals surface area contributed by atoms with Crippen LogP contribution in [0.25, 0.3) is 0 Å². The van der Waals surface area contributed by atoms with E-state index >= 15 is 0 Å². The van der Waals surface area contributed by atoms with Crippen LogP contribution in [0, 0.1) is 0 Å². The van der Waals surface area contributed by atoms with Crippen molar-refractivity contribution in [1.29, 1.82) is 0 Å². The summed E-state index contributed by atoms with van der Waals surface area (Å²) in [5.41, 5.74) is 6.06. The Bertz CT molecular complexity index is 408. The molecule has 0 fully saturated rings. The van der Waals surface area contributed by atoms with Gasteiger partial charge in [0.1, 0.15) is 0 Å². The monoisotopic (exact) mass is 271 g/mol. The van der Waals surface area contributed by atoms with Gasteiger partial charge in [0.05, 0.1) is 4.99 Å². The molecule has 2 amide bonds. The lowest BCUT2D eigenvalue weighted by molar-refractivity contribution is 0.249. The number of nitrogens with one attached hydrogen (secondary N) is 2. The largest absolute Gasteiger partial charge is 0.393 e. The van der Waals surface area contributed by atoms with Crippen LogP contribution >= 0.6 is 23.8 Å². The van der Waals surface area contributed by atoms with Gasteiger partial charge >= 0.3 is 6.03 Å². The minimum atomic E-state index is -0.295. The van der Waals surface area contributed by atoms with E-state index in [1.165, 1.54) is 0 Å². The summed E-state index contributed by atoms with van der Waals surface area (Å²) in [5.74, 6) is 0. The fraction of sp³-hybridized carbons (Fsp3) is 0.273. The highest BCUT2D eigenvalue weighted by Gasteiger charge is 2.08. The summed E-state index contributed by atoms with van der Waals surface area (Å²) in [7, 11) is 0. The standard InChI is InChI=1S/C11H14ClN3OS/c1-7(6-10(13)17)14-11(16)15-9-4-2-8(12)3-5-9/h2-5,7H,6H2,1H3,(H2,13,17)(H2,14,15,16). The SMILES string of the molecule is CC(CC(N)=S)NC(=O)Nc1ccc(Cl)cc1. The maximum atomic E-state index is 11.5. The third-order valence-electron chi connectivity index (χ3n) is 1.99. The molecule has 0 aliphatic carbocycles. The van der Waals surface area contributed by atoms with Crippen LogP contribution in [0.5, 0.6) is 0 Å². The van der Waals surface area contributed by atoms with Crippen molar-refractivity contribution in [2.45, 2.75) is 19.4 Å². The van der Waals surface area contributed by atoms with Crippen LogP contribution in [0.3, 0.4) is 0 Å². The molecule has 0 heterocycles. The molecule has 1 rings (SSSR count). The number of hydrogen-bond acceptors (Lipinski definition) is 2. The molecule has 0 saturated carbocycles. The lowest BCUT2D eigenvalue weighted by Crippen LogP contribution is -2.38.